The van der Waals surface area contributed by atoms with Gasteiger partial charge in [0.25, 0.3) is 5.91 Å². The van der Waals surface area contributed by atoms with Gasteiger partial charge in [0, 0.05) is 31.9 Å². The van der Waals surface area contributed by atoms with Gasteiger partial charge in [-0.1, -0.05) is 6.07 Å². The van der Waals surface area contributed by atoms with Crippen LogP contribution in [0.2, 0.25) is 0 Å². The third kappa shape index (κ3) is 4.82. The van der Waals surface area contributed by atoms with Gasteiger partial charge in [0.1, 0.15) is 17.6 Å². The number of ether oxygens (including phenoxy) is 1. The Morgan fingerprint density at radius 1 is 1.16 bits per heavy atom. The number of aryl methyl sites for hydroxylation is 1. The van der Waals surface area contributed by atoms with Crippen LogP contribution in [-0.2, 0) is 9.59 Å². The summed E-state index contributed by atoms with van der Waals surface area (Å²) in [6.07, 6.45) is -0.144. The SMILES string of the molecule is COc1ccc(N2CCN(C3=NC(CC(=O)Nc4ccc(C)cc4F)C(=O)N3)CC2)cc1. The predicted molar refractivity (Wildman–Crippen MR) is 121 cm³/mol. The fraction of sp³-hybridized carbons (Fsp3) is 0.348. The van der Waals surface area contributed by atoms with Gasteiger partial charge in [0.2, 0.25) is 11.9 Å². The van der Waals surface area contributed by atoms with Crippen molar-refractivity contribution in [2.75, 3.05) is 43.5 Å². The molecule has 2 aliphatic rings. The van der Waals surface area contributed by atoms with E-state index in [4.69, 9.17) is 4.74 Å². The molecule has 1 atom stereocenters. The smallest absolute Gasteiger partial charge is 0.252 e. The first kappa shape index (κ1) is 21.6. The molecule has 0 bridgehead atoms. The van der Waals surface area contributed by atoms with Crippen molar-refractivity contribution in [3.05, 3.63) is 53.8 Å². The second-order valence-electron chi connectivity index (χ2n) is 7.87. The Morgan fingerprint density at radius 3 is 2.50 bits per heavy atom. The van der Waals surface area contributed by atoms with Crippen LogP contribution in [0.25, 0.3) is 0 Å². The molecule has 0 saturated carbocycles. The molecule has 0 radical (unpaired) electrons. The van der Waals surface area contributed by atoms with E-state index in [-0.39, 0.29) is 18.0 Å². The number of nitrogens with one attached hydrogen (secondary N) is 2. The summed E-state index contributed by atoms with van der Waals surface area (Å²) in [4.78, 5) is 33.4. The predicted octanol–water partition coefficient (Wildman–Crippen LogP) is 2.15. The van der Waals surface area contributed by atoms with E-state index in [9.17, 15) is 14.0 Å². The van der Waals surface area contributed by atoms with Crippen LogP contribution in [0.15, 0.2) is 47.5 Å². The lowest BCUT2D eigenvalue weighted by Gasteiger charge is -2.36. The van der Waals surface area contributed by atoms with E-state index >= 15 is 0 Å². The monoisotopic (exact) mass is 439 g/mol. The van der Waals surface area contributed by atoms with Gasteiger partial charge in [-0.05, 0) is 48.9 Å². The first-order chi connectivity index (χ1) is 15.4. The number of carbonyl (C=O) groups is 2. The number of halogens is 1. The van der Waals surface area contributed by atoms with Crippen LogP contribution in [0.5, 0.6) is 5.75 Å². The molecular weight excluding hydrogens is 413 g/mol. The van der Waals surface area contributed by atoms with Crippen molar-refractivity contribution in [2.45, 2.75) is 19.4 Å². The molecule has 2 N–H and O–H groups in total. The number of piperazine rings is 1. The van der Waals surface area contributed by atoms with E-state index in [1.807, 2.05) is 29.2 Å². The van der Waals surface area contributed by atoms with E-state index in [1.165, 1.54) is 12.1 Å². The van der Waals surface area contributed by atoms with E-state index in [0.717, 1.165) is 30.1 Å². The number of guanidine groups is 1. The maximum Gasteiger partial charge on any atom is 0.252 e. The molecule has 2 heterocycles. The van der Waals surface area contributed by atoms with Gasteiger partial charge in [0.05, 0.1) is 19.2 Å². The van der Waals surface area contributed by atoms with Crippen molar-refractivity contribution in [1.29, 1.82) is 0 Å². The quantitative estimate of drug-likeness (QED) is 0.746. The highest BCUT2D eigenvalue weighted by molar-refractivity contribution is 6.07. The Labute approximate surface area is 186 Å². The summed E-state index contributed by atoms with van der Waals surface area (Å²) in [7, 11) is 1.64. The molecule has 32 heavy (non-hydrogen) atoms. The van der Waals surface area contributed by atoms with Crippen molar-refractivity contribution in [1.82, 2.24) is 10.2 Å². The number of benzene rings is 2. The highest BCUT2D eigenvalue weighted by Gasteiger charge is 2.32. The van der Waals surface area contributed by atoms with Gasteiger partial charge in [-0.15, -0.1) is 0 Å². The molecule has 4 rings (SSSR count). The maximum absolute atomic E-state index is 14.0. The molecule has 0 spiro atoms. The van der Waals surface area contributed by atoms with Gasteiger partial charge in [-0.3, -0.25) is 14.9 Å². The van der Waals surface area contributed by atoms with Crippen LogP contribution in [0.3, 0.4) is 0 Å². The minimum Gasteiger partial charge on any atom is -0.497 e. The highest BCUT2D eigenvalue weighted by Crippen LogP contribution is 2.21. The third-order valence-corrected chi connectivity index (χ3v) is 5.61. The second kappa shape index (κ2) is 9.25. The zero-order valence-electron chi connectivity index (χ0n) is 18.1. The molecular formula is C23H26FN5O3. The van der Waals surface area contributed by atoms with Gasteiger partial charge in [-0.2, -0.15) is 0 Å². The molecule has 2 aromatic carbocycles. The van der Waals surface area contributed by atoms with Crippen molar-refractivity contribution >= 4 is 29.1 Å². The fourth-order valence-corrected chi connectivity index (χ4v) is 3.80. The number of anilines is 2. The number of nitrogens with zero attached hydrogens (tertiary/aromatic N) is 3. The molecule has 0 aliphatic carbocycles. The summed E-state index contributed by atoms with van der Waals surface area (Å²) >= 11 is 0. The minimum absolute atomic E-state index is 0.0952. The lowest BCUT2D eigenvalue weighted by atomic mass is 10.2. The van der Waals surface area contributed by atoms with E-state index in [1.54, 1.807) is 20.1 Å². The number of rotatable bonds is 5. The topological polar surface area (TPSA) is 86.3 Å². The van der Waals surface area contributed by atoms with Crippen LogP contribution < -0.4 is 20.3 Å². The number of aliphatic imine (C=N–C) groups is 1. The van der Waals surface area contributed by atoms with Gasteiger partial charge >= 0.3 is 0 Å². The second-order valence-corrected chi connectivity index (χ2v) is 7.87. The van der Waals surface area contributed by atoms with Crippen molar-refractivity contribution in [3.8, 4) is 5.75 Å². The van der Waals surface area contributed by atoms with Crippen LogP contribution >= 0.6 is 0 Å². The molecule has 8 nitrogen and oxygen atoms in total. The zero-order valence-corrected chi connectivity index (χ0v) is 18.1. The molecule has 1 fully saturated rings. The average molecular weight is 439 g/mol. The zero-order chi connectivity index (χ0) is 22.7. The summed E-state index contributed by atoms with van der Waals surface area (Å²) in [5.41, 5.74) is 1.97. The van der Waals surface area contributed by atoms with Crippen molar-refractivity contribution in [2.24, 2.45) is 4.99 Å². The molecule has 2 aromatic rings. The van der Waals surface area contributed by atoms with Crippen LogP contribution in [-0.4, -0.2) is 62.0 Å². The number of hydrogen-bond donors (Lipinski definition) is 2. The Bertz CT molecular complexity index is 1030. The number of amides is 2. The lowest BCUT2D eigenvalue weighted by molar-refractivity contribution is -0.124. The largest absolute Gasteiger partial charge is 0.497 e. The molecule has 2 aliphatic heterocycles. The maximum atomic E-state index is 14.0. The Kier molecular flexibility index (Phi) is 6.25. The van der Waals surface area contributed by atoms with Crippen LogP contribution in [0, 0.1) is 12.7 Å². The fourth-order valence-electron chi connectivity index (χ4n) is 3.80. The first-order valence-corrected chi connectivity index (χ1v) is 10.5. The van der Waals surface area contributed by atoms with E-state index in [2.05, 4.69) is 20.5 Å². The minimum atomic E-state index is -0.821. The van der Waals surface area contributed by atoms with Gasteiger partial charge in [-0.25, -0.2) is 9.38 Å². The first-order valence-electron chi connectivity index (χ1n) is 10.5. The molecule has 1 saturated heterocycles. The highest BCUT2D eigenvalue weighted by atomic mass is 19.1. The Morgan fingerprint density at radius 2 is 1.84 bits per heavy atom. The summed E-state index contributed by atoms with van der Waals surface area (Å²) in [5, 5.41) is 5.30. The molecule has 1 unspecified atom stereocenters. The summed E-state index contributed by atoms with van der Waals surface area (Å²) in [5.74, 6) is 0.0202. The molecule has 2 amide bonds. The number of carbonyl (C=O) groups excluding carboxylic acids is 2. The lowest BCUT2D eigenvalue weighted by Crippen LogP contribution is -2.52. The van der Waals surface area contributed by atoms with Crippen molar-refractivity contribution in [3.63, 3.8) is 0 Å². The van der Waals surface area contributed by atoms with E-state index < -0.39 is 17.8 Å². The van der Waals surface area contributed by atoms with E-state index in [0.29, 0.717) is 19.0 Å². The standard InChI is InChI=1S/C23H26FN5O3/c1-15-3-8-19(18(24)13-15)25-21(30)14-20-22(31)27-23(26-20)29-11-9-28(10-12-29)16-4-6-17(32-2)7-5-16/h3-8,13,20H,9-12,14H2,1-2H3,(H,25,30)(H,26,27,31). The third-order valence-electron chi connectivity index (χ3n) is 5.61. The molecule has 0 aromatic heterocycles. The Balaban J connectivity index is 1.32. The van der Waals surface area contributed by atoms with Gasteiger partial charge in [0.15, 0.2) is 0 Å². The summed E-state index contributed by atoms with van der Waals surface area (Å²) in [6.45, 7) is 4.71. The normalized spacial score (nSPS) is 18.3. The van der Waals surface area contributed by atoms with Crippen molar-refractivity contribution < 1.29 is 18.7 Å². The summed E-state index contributed by atoms with van der Waals surface area (Å²) < 4.78 is 19.2. The van der Waals surface area contributed by atoms with Crippen LogP contribution in [0.1, 0.15) is 12.0 Å². The molecule has 168 valence electrons. The Hall–Kier alpha value is -3.62. The molecule has 9 heteroatoms. The van der Waals surface area contributed by atoms with Crippen LogP contribution in [0.4, 0.5) is 15.8 Å². The number of hydrogen-bond acceptors (Lipinski definition) is 6. The van der Waals surface area contributed by atoms with Gasteiger partial charge < -0.3 is 19.9 Å². The number of methoxy groups -OCH3 is 1. The summed E-state index contributed by atoms with van der Waals surface area (Å²) in [6, 6.07) is 11.7. The average Bonchev–Trinajstić information content (AvgIpc) is 3.16.